The Balaban J connectivity index is 2.49. The molecule has 1 aromatic rings. The van der Waals surface area contributed by atoms with E-state index >= 15 is 0 Å². The molecule has 0 saturated carbocycles. The van der Waals surface area contributed by atoms with Gasteiger partial charge in [0.2, 0.25) is 0 Å². The van der Waals surface area contributed by atoms with Crippen molar-refractivity contribution in [1.29, 1.82) is 0 Å². The maximum Gasteiger partial charge on any atom is 0.358 e. The molecule has 1 aliphatic heterocycles. The molecular weight excluding hydrogens is 196 g/mol. The fourth-order valence-electron chi connectivity index (χ4n) is 1.86. The molecule has 0 saturated heterocycles. The third-order valence-corrected chi connectivity index (χ3v) is 2.62. The van der Waals surface area contributed by atoms with Crippen molar-refractivity contribution >= 4 is 11.8 Å². The molecule has 1 aromatic heterocycles. The average Bonchev–Trinajstić information content (AvgIpc) is 2.54. The molecule has 0 radical (unpaired) electrons. The quantitative estimate of drug-likeness (QED) is 0.630. The summed E-state index contributed by atoms with van der Waals surface area (Å²) in [6.45, 7) is 2.44. The van der Waals surface area contributed by atoms with Crippen LogP contribution in [0.4, 0.5) is 0 Å². The van der Waals surface area contributed by atoms with Crippen LogP contribution in [0.2, 0.25) is 0 Å². The van der Waals surface area contributed by atoms with E-state index in [1.807, 2.05) is 11.5 Å². The minimum Gasteiger partial charge on any atom is -0.464 e. The molecule has 80 valence electrons. The van der Waals surface area contributed by atoms with E-state index in [0.29, 0.717) is 18.7 Å². The van der Waals surface area contributed by atoms with Gasteiger partial charge < -0.3 is 9.30 Å². The number of carbonyl (C=O) groups is 2. The summed E-state index contributed by atoms with van der Waals surface area (Å²) in [7, 11) is 1.31. The van der Waals surface area contributed by atoms with Crippen molar-refractivity contribution in [3.8, 4) is 0 Å². The summed E-state index contributed by atoms with van der Waals surface area (Å²) in [5.41, 5.74) is 0.971. The molecule has 15 heavy (non-hydrogen) atoms. The second kappa shape index (κ2) is 3.49. The normalized spacial score (nSPS) is 14.9. The Hall–Kier alpha value is -1.65. The first-order chi connectivity index (χ1) is 7.13. The van der Waals surface area contributed by atoms with E-state index in [4.69, 9.17) is 0 Å². The molecule has 2 heterocycles. The monoisotopic (exact) mass is 208 g/mol. The Morgan fingerprint density at radius 1 is 1.53 bits per heavy atom. The van der Waals surface area contributed by atoms with Crippen LogP contribution in [0.15, 0.2) is 0 Å². The number of ether oxygens (including phenoxy) is 1. The maximum absolute atomic E-state index is 11.4. The Bertz CT molecular complexity index is 434. The number of fused-ring (bicyclic) bond motifs is 1. The lowest BCUT2D eigenvalue weighted by Gasteiger charge is -2.15. The zero-order valence-corrected chi connectivity index (χ0v) is 8.74. The molecule has 2 rings (SSSR count). The molecule has 0 aliphatic carbocycles. The van der Waals surface area contributed by atoms with E-state index in [9.17, 15) is 9.59 Å². The molecule has 0 aromatic carbocycles. The fourth-order valence-corrected chi connectivity index (χ4v) is 1.86. The summed E-state index contributed by atoms with van der Waals surface area (Å²) in [6.07, 6.45) is 0.802. The van der Waals surface area contributed by atoms with Gasteiger partial charge in [0.05, 0.1) is 12.8 Å². The van der Waals surface area contributed by atoms with E-state index in [0.717, 1.165) is 5.82 Å². The van der Waals surface area contributed by atoms with Gasteiger partial charge in [0.15, 0.2) is 5.69 Å². The molecule has 0 amide bonds. The molecule has 0 unspecified atom stereocenters. The number of rotatable bonds is 1. The first kappa shape index (κ1) is 9.89. The summed E-state index contributed by atoms with van der Waals surface area (Å²) < 4.78 is 6.54. The van der Waals surface area contributed by atoms with E-state index < -0.39 is 5.97 Å². The number of ketones is 1. The zero-order valence-electron chi connectivity index (χ0n) is 8.74. The summed E-state index contributed by atoms with van der Waals surface area (Å²) in [6, 6.07) is 0. The Labute approximate surface area is 87.1 Å². The minimum absolute atomic E-state index is 0.146. The lowest BCUT2D eigenvalue weighted by Crippen LogP contribution is -2.21. The minimum atomic E-state index is -0.471. The van der Waals surface area contributed by atoms with Gasteiger partial charge in [0.1, 0.15) is 11.6 Å². The van der Waals surface area contributed by atoms with Gasteiger partial charge in [0, 0.05) is 19.4 Å². The summed E-state index contributed by atoms with van der Waals surface area (Å²) >= 11 is 0. The van der Waals surface area contributed by atoms with Gasteiger partial charge in [-0.05, 0) is 6.92 Å². The molecule has 0 spiro atoms. The fraction of sp³-hybridized carbons (Fsp3) is 0.500. The summed E-state index contributed by atoms with van der Waals surface area (Å²) in [5.74, 6) is 0.437. The number of nitrogens with zero attached hydrogens (tertiary/aromatic N) is 2. The van der Waals surface area contributed by atoms with Crippen LogP contribution in [-0.2, 0) is 22.5 Å². The van der Waals surface area contributed by atoms with Crippen LogP contribution in [-0.4, -0.2) is 28.4 Å². The van der Waals surface area contributed by atoms with Crippen molar-refractivity contribution in [3.63, 3.8) is 0 Å². The third-order valence-electron chi connectivity index (χ3n) is 2.62. The first-order valence-corrected chi connectivity index (χ1v) is 4.79. The van der Waals surface area contributed by atoms with Gasteiger partial charge in [-0.3, -0.25) is 4.79 Å². The van der Waals surface area contributed by atoms with Gasteiger partial charge in [-0.15, -0.1) is 0 Å². The van der Waals surface area contributed by atoms with Crippen LogP contribution in [0, 0.1) is 6.92 Å². The molecule has 1 aliphatic rings. The number of aryl methyl sites for hydroxylation is 1. The highest BCUT2D eigenvalue weighted by Gasteiger charge is 2.26. The van der Waals surface area contributed by atoms with Gasteiger partial charge >= 0.3 is 5.97 Å². The Morgan fingerprint density at radius 2 is 2.27 bits per heavy atom. The van der Waals surface area contributed by atoms with Gasteiger partial charge in [-0.1, -0.05) is 0 Å². The van der Waals surface area contributed by atoms with E-state index in [-0.39, 0.29) is 17.9 Å². The number of Topliss-reactive ketones (excluding diaryl/α,β-unsaturated/α-hetero) is 1. The number of hydrogen-bond acceptors (Lipinski definition) is 4. The van der Waals surface area contributed by atoms with Crippen molar-refractivity contribution in [2.75, 3.05) is 7.11 Å². The predicted molar refractivity (Wildman–Crippen MR) is 51.6 cm³/mol. The van der Waals surface area contributed by atoms with Crippen LogP contribution < -0.4 is 0 Å². The van der Waals surface area contributed by atoms with Crippen LogP contribution >= 0.6 is 0 Å². The van der Waals surface area contributed by atoms with Crippen molar-refractivity contribution in [1.82, 2.24) is 9.55 Å². The van der Waals surface area contributed by atoms with E-state index in [1.54, 1.807) is 0 Å². The number of hydrogen-bond donors (Lipinski definition) is 0. The number of carbonyl (C=O) groups excluding carboxylic acids is 2. The van der Waals surface area contributed by atoms with Crippen LogP contribution in [0.3, 0.4) is 0 Å². The lowest BCUT2D eigenvalue weighted by atomic mass is 10.1. The number of aromatic nitrogens is 2. The molecule has 0 N–H and O–H groups in total. The second-order valence-corrected chi connectivity index (χ2v) is 3.56. The Kier molecular flexibility index (Phi) is 2.30. The smallest absolute Gasteiger partial charge is 0.358 e. The highest BCUT2D eigenvalue weighted by Crippen LogP contribution is 2.19. The zero-order chi connectivity index (χ0) is 11.0. The average molecular weight is 208 g/mol. The summed E-state index contributed by atoms with van der Waals surface area (Å²) in [4.78, 5) is 26.8. The van der Waals surface area contributed by atoms with Crippen molar-refractivity contribution in [2.45, 2.75) is 26.3 Å². The summed E-state index contributed by atoms with van der Waals surface area (Å²) in [5, 5.41) is 0. The molecule has 0 fully saturated rings. The van der Waals surface area contributed by atoms with Crippen molar-refractivity contribution < 1.29 is 14.3 Å². The van der Waals surface area contributed by atoms with Crippen LogP contribution in [0.25, 0.3) is 0 Å². The third kappa shape index (κ3) is 1.54. The second-order valence-electron chi connectivity index (χ2n) is 3.56. The molecule has 0 bridgehead atoms. The Morgan fingerprint density at radius 3 is 2.93 bits per heavy atom. The van der Waals surface area contributed by atoms with Gasteiger partial charge in [-0.25, -0.2) is 9.78 Å². The predicted octanol–water partition coefficient (Wildman–Crippen LogP) is 0.493. The standard InChI is InChI=1S/C10H12N2O3/c1-6-11-9(10(14)15-2)8-5-7(13)3-4-12(6)8/h3-5H2,1-2H3. The molecular formula is C10H12N2O3. The molecule has 5 heteroatoms. The lowest BCUT2D eigenvalue weighted by molar-refractivity contribution is -0.119. The number of methoxy groups -OCH3 is 1. The highest BCUT2D eigenvalue weighted by molar-refractivity contribution is 5.91. The van der Waals surface area contributed by atoms with Gasteiger partial charge in [0.25, 0.3) is 0 Å². The van der Waals surface area contributed by atoms with Gasteiger partial charge in [-0.2, -0.15) is 0 Å². The van der Waals surface area contributed by atoms with E-state index in [2.05, 4.69) is 9.72 Å². The van der Waals surface area contributed by atoms with E-state index in [1.165, 1.54) is 7.11 Å². The number of esters is 1. The first-order valence-electron chi connectivity index (χ1n) is 4.79. The maximum atomic E-state index is 11.4. The largest absolute Gasteiger partial charge is 0.464 e. The van der Waals surface area contributed by atoms with Crippen molar-refractivity contribution in [2.24, 2.45) is 0 Å². The molecule has 0 atom stereocenters. The highest BCUT2D eigenvalue weighted by atomic mass is 16.5. The SMILES string of the molecule is COC(=O)c1nc(C)n2c1CC(=O)CC2. The van der Waals surface area contributed by atoms with Crippen LogP contribution in [0.5, 0.6) is 0 Å². The van der Waals surface area contributed by atoms with Crippen LogP contribution in [0.1, 0.15) is 28.4 Å². The number of imidazole rings is 1. The van der Waals surface area contributed by atoms with Crippen molar-refractivity contribution in [3.05, 3.63) is 17.2 Å². The molecule has 5 nitrogen and oxygen atoms in total. The topological polar surface area (TPSA) is 61.2 Å².